The lowest BCUT2D eigenvalue weighted by Gasteiger charge is -2.38. The molecule has 0 atom stereocenters. The normalized spacial score (nSPS) is 16.0. The quantitative estimate of drug-likeness (QED) is 0.691. The van der Waals surface area contributed by atoms with E-state index in [2.05, 4.69) is 0 Å². The number of likely N-dealkylation sites (N-methyl/N-ethyl adjacent to an activating group) is 1. The van der Waals surface area contributed by atoms with E-state index in [9.17, 15) is 9.59 Å². The molecule has 0 aliphatic carbocycles. The van der Waals surface area contributed by atoms with E-state index in [0.29, 0.717) is 32.6 Å². The molecule has 1 aliphatic rings. The molecule has 1 N–H and O–H groups in total. The lowest BCUT2D eigenvalue weighted by Crippen LogP contribution is -2.51. The Hall–Kier alpha value is -1.61. The van der Waals surface area contributed by atoms with E-state index < -0.39 is 5.97 Å². The Morgan fingerprint density at radius 3 is 2.71 bits per heavy atom. The zero-order valence-corrected chi connectivity index (χ0v) is 9.93. The third-order valence-electron chi connectivity index (χ3n) is 2.84. The number of nitrogens with zero attached hydrogens (tertiary/aromatic N) is 3. The summed E-state index contributed by atoms with van der Waals surface area (Å²) < 4.78 is 0. The van der Waals surface area contributed by atoms with Gasteiger partial charge < -0.3 is 10.0 Å². The van der Waals surface area contributed by atoms with Crippen LogP contribution in [0.25, 0.3) is 0 Å². The SMILES string of the molecule is CN(CCC#N)C(=O)CN1CC(CC(=O)O)C1. The van der Waals surface area contributed by atoms with Crippen LogP contribution in [-0.2, 0) is 9.59 Å². The molecule has 1 aliphatic heterocycles. The van der Waals surface area contributed by atoms with Gasteiger partial charge in [0.2, 0.25) is 5.91 Å². The molecule has 0 unspecified atom stereocenters. The van der Waals surface area contributed by atoms with E-state index in [1.807, 2.05) is 11.0 Å². The molecule has 0 bridgehead atoms. The molecule has 0 aromatic carbocycles. The van der Waals surface area contributed by atoms with Crippen LogP contribution in [0.3, 0.4) is 0 Å². The van der Waals surface area contributed by atoms with E-state index >= 15 is 0 Å². The molecule has 0 aromatic heterocycles. The number of hydrogen-bond acceptors (Lipinski definition) is 4. The smallest absolute Gasteiger partial charge is 0.303 e. The second kappa shape index (κ2) is 6.21. The summed E-state index contributed by atoms with van der Waals surface area (Å²) in [6, 6.07) is 1.99. The number of carbonyl (C=O) groups is 2. The molecule has 94 valence electrons. The molecule has 0 saturated carbocycles. The van der Waals surface area contributed by atoms with Gasteiger partial charge in [-0.1, -0.05) is 0 Å². The van der Waals surface area contributed by atoms with Gasteiger partial charge in [0, 0.05) is 26.7 Å². The standard InChI is InChI=1S/C11H17N3O3/c1-13(4-2-3-12)10(15)8-14-6-9(7-14)5-11(16)17/h9H,2,4-8H2,1H3,(H,16,17). The van der Waals surface area contributed by atoms with Crippen molar-refractivity contribution in [2.45, 2.75) is 12.8 Å². The van der Waals surface area contributed by atoms with Gasteiger partial charge in [-0.15, -0.1) is 0 Å². The highest BCUT2D eigenvalue weighted by Gasteiger charge is 2.30. The maximum Gasteiger partial charge on any atom is 0.303 e. The van der Waals surface area contributed by atoms with Crippen LogP contribution in [0.1, 0.15) is 12.8 Å². The lowest BCUT2D eigenvalue weighted by atomic mass is 9.96. The summed E-state index contributed by atoms with van der Waals surface area (Å²) in [6.45, 7) is 2.11. The molecular formula is C11H17N3O3. The number of hydrogen-bond donors (Lipinski definition) is 1. The van der Waals surface area contributed by atoms with Gasteiger partial charge in [0.1, 0.15) is 0 Å². The van der Waals surface area contributed by atoms with Crippen molar-refractivity contribution in [2.24, 2.45) is 5.92 Å². The summed E-state index contributed by atoms with van der Waals surface area (Å²) in [5, 5.41) is 17.0. The third kappa shape index (κ3) is 4.41. The fourth-order valence-electron chi connectivity index (χ4n) is 1.84. The predicted molar refractivity (Wildman–Crippen MR) is 60.0 cm³/mol. The lowest BCUT2D eigenvalue weighted by molar-refractivity contribution is -0.140. The van der Waals surface area contributed by atoms with Crippen LogP contribution in [-0.4, -0.2) is 60.0 Å². The number of carboxylic acids is 1. The second-order valence-corrected chi connectivity index (χ2v) is 4.38. The molecule has 1 rings (SSSR count). The number of carbonyl (C=O) groups excluding carboxylic acids is 1. The van der Waals surface area contributed by atoms with Gasteiger partial charge in [-0.05, 0) is 5.92 Å². The highest BCUT2D eigenvalue weighted by molar-refractivity contribution is 5.78. The number of amides is 1. The summed E-state index contributed by atoms with van der Waals surface area (Å²) in [5.41, 5.74) is 0. The molecule has 1 saturated heterocycles. The number of likely N-dealkylation sites (tertiary alicyclic amines) is 1. The van der Waals surface area contributed by atoms with Crippen LogP contribution in [0, 0.1) is 17.2 Å². The van der Waals surface area contributed by atoms with Crippen molar-refractivity contribution >= 4 is 11.9 Å². The Bertz CT molecular complexity index is 331. The Balaban J connectivity index is 2.17. The topological polar surface area (TPSA) is 84.6 Å². The van der Waals surface area contributed by atoms with Crippen LogP contribution in [0.15, 0.2) is 0 Å². The van der Waals surface area contributed by atoms with E-state index in [1.165, 1.54) is 4.90 Å². The van der Waals surface area contributed by atoms with Crippen molar-refractivity contribution in [3.05, 3.63) is 0 Å². The van der Waals surface area contributed by atoms with E-state index in [1.54, 1.807) is 7.05 Å². The van der Waals surface area contributed by atoms with Gasteiger partial charge in [0.25, 0.3) is 0 Å². The zero-order valence-electron chi connectivity index (χ0n) is 9.93. The Morgan fingerprint density at radius 1 is 1.53 bits per heavy atom. The predicted octanol–water partition coefficient (Wildman–Crippen LogP) is -0.235. The minimum Gasteiger partial charge on any atom is -0.481 e. The largest absolute Gasteiger partial charge is 0.481 e. The molecule has 6 nitrogen and oxygen atoms in total. The van der Waals surface area contributed by atoms with Gasteiger partial charge in [-0.2, -0.15) is 5.26 Å². The van der Waals surface area contributed by atoms with Crippen molar-refractivity contribution in [2.75, 3.05) is 33.2 Å². The first-order valence-corrected chi connectivity index (χ1v) is 5.58. The zero-order chi connectivity index (χ0) is 12.8. The molecule has 1 amide bonds. The van der Waals surface area contributed by atoms with E-state index in [4.69, 9.17) is 10.4 Å². The van der Waals surface area contributed by atoms with Gasteiger partial charge in [-0.25, -0.2) is 0 Å². The number of rotatable bonds is 6. The van der Waals surface area contributed by atoms with Gasteiger partial charge >= 0.3 is 5.97 Å². The van der Waals surface area contributed by atoms with Gasteiger partial charge in [0.05, 0.1) is 25.5 Å². The number of nitriles is 1. The van der Waals surface area contributed by atoms with Crippen LogP contribution >= 0.6 is 0 Å². The molecule has 0 spiro atoms. The van der Waals surface area contributed by atoms with Crippen LogP contribution in [0.4, 0.5) is 0 Å². The van der Waals surface area contributed by atoms with Crippen LogP contribution < -0.4 is 0 Å². The third-order valence-corrected chi connectivity index (χ3v) is 2.84. The average molecular weight is 239 g/mol. The Morgan fingerprint density at radius 2 is 2.18 bits per heavy atom. The summed E-state index contributed by atoms with van der Waals surface area (Å²) >= 11 is 0. The first-order valence-electron chi connectivity index (χ1n) is 5.58. The summed E-state index contributed by atoms with van der Waals surface area (Å²) in [6.07, 6.45) is 0.513. The maximum absolute atomic E-state index is 11.6. The van der Waals surface area contributed by atoms with Crippen molar-refractivity contribution in [1.29, 1.82) is 5.26 Å². The summed E-state index contributed by atoms with van der Waals surface area (Å²) in [4.78, 5) is 25.5. The minimum absolute atomic E-state index is 0.0194. The molecule has 0 aromatic rings. The first kappa shape index (κ1) is 13.5. The minimum atomic E-state index is -0.785. The number of aliphatic carboxylic acids is 1. The summed E-state index contributed by atoms with van der Waals surface area (Å²) in [7, 11) is 1.67. The first-order chi connectivity index (χ1) is 8.02. The maximum atomic E-state index is 11.6. The molecule has 0 radical (unpaired) electrons. The van der Waals surface area contributed by atoms with Crippen molar-refractivity contribution in [1.82, 2.24) is 9.80 Å². The summed E-state index contributed by atoms with van der Waals surface area (Å²) in [5.74, 6) is -0.633. The average Bonchev–Trinajstić information content (AvgIpc) is 2.21. The molecule has 6 heteroatoms. The van der Waals surface area contributed by atoms with Crippen molar-refractivity contribution in [3.8, 4) is 6.07 Å². The monoisotopic (exact) mass is 239 g/mol. The van der Waals surface area contributed by atoms with Gasteiger partial charge in [-0.3, -0.25) is 14.5 Å². The highest BCUT2D eigenvalue weighted by atomic mass is 16.4. The fourth-order valence-corrected chi connectivity index (χ4v) is 1.84. The molecule has 17 heavy (non-hydrogen) atoms. The highest BCUT2D eigenvalue weighted by Crippen LogP contribution is 2.18. The van der Waals surface area contributed by atoms with E-state index in [-0.39, 0.29) is 18.2 Å². The van der Waals surface area contributed by atoms with Crippen LogP contribution in [0.2, 0.25) is 0 Å². The van der Waals surface area contributed by atoms with E-state index in [0.717, 1.165) is 0 Å². The number of carboxylic acid groups (broad SMARTS) is 1. The van der Waals surface area contributed by atoms with Crippen molar-refractivity contribution in [3.63, 3.8) is 0 Å². The fraction of sp³-hybridized carbons (Fsp3) is 0.727. The molecule has 1 fully saturated rings. The second-order valence-electron chi connectivity index (χ2n) is 4.38. The van der Waals surface area contributed by atoms with Crippen molar-refractivity contribution < 1.29 is 14.7 Å². The Labute approximate surface area is 100 Å². The Kier molecular flexibility index (Phi) is 4.91. The molecular weight excluding hydrogens is 222 g/mol. The van der Waals surface area contributed by atoms with Crippen LogP contribution in [0.5, 0.6) is 0 Å². The van der Waals surface area contributed by atoms with Gasteiger partial charge in [0.15, 0.2) is 0 Å². The molecule has 1 heterocycles.